The van der Waals surface area contributed by atoms with Gasteiger partial charge in [-0.05, 0) is 42.7 Å². The topological polar surface area (TPSA) is 129 Å². The Bertz CT molecular complexity index is 1470. The molecule has 0 aliphatic rings. The van der Waals surface area contributed by atoms with E-state index in [2.05, 4.69) is 20.6 Å². The van der Waals surface area contributed by atoms with Crippen LogP contribution in [0.25, 0.3) is 11.0 Å². The minimum absolute atomic E-state index is 0.0482. The van der Waals surface area contributed by atoms with Crippen LogP contribution in [-0.2, 0) is 16.1 Å². The third-order valence-electron chi connectivity index (χ3n) is 5.82. The number of para-hydroxylation sites is 2. The van der Waals surface area contributed by atoms with E-state index < -0.39 is 11.3 Å². The van der Waals surface area contributed by atoms with Crippen LogP contribution >= 0.6 is 0 Å². The number of carbonyl (C=O) groups excluding carboxylic acids is 1. The molecule has 0 spiro atoms. The lowest BCUT2D eigenvalue weighted by Gasteiger charge is -2.27. The van der Waals surface area contributed by atoms with Gasteiger partial charge in [-0.3, -0.25) is 13.3 Å². The molecule has 1 aromatic heterocycles. The minimum Gasteiger partial charge on any atom is -0.755 e. The van der Waals surface area contributed by atoms with Crippen LogP contribution in [0.5, 0.6) is 11.5 Å². The van der Waals surface area contributed by atoms with E-state index in [1.165, 1.54) is 14.2 Å². The number of ether oxygens (including phenoxy) is 2. The summed E-state index contributed by atoms with van der Waals surface area (Å²) >= 11 is -2.78. The molecule has 0 aliphatic carbocycles. The zero-order valence-electron chi connectivity index (χ0n) is 22.1. The molecule has 3 aromatic carbocycles. The number of hydrogen-bond donors (Lipinski definition) is 2. The van der Waals surface area contributed by atoms with E-state index in [9.17, 15) is 13.6 Å². The molecule has 2 N–H and O–H groups in total. The summed E-state index contributed by atoms with van der Waals surface area (Å²) in [5, 5.41) is 6.02. The predicted molar refractivity (Wildman–Crippen MR) is 153 cm³/mol. The van der Waals surface area contributed by atoms with Gasteiger partial charge in [0.1, 0.15) is 11.5 Å². The quantitative estimate of drug-likeness (QED) is 0.229. The average Bonchev–Trinajstić information content (AvgIpc) is 2.92. The molecule has 0 aliphatic heterocycles. The van der Waals surface area contributed by atoms with Gasteiger partial charge in [-0.15, -0.1) is 0 Å². The lowest BCUT2D eigenvalue weighted by molar-refractivity contribution is -0.116. The number of methoxy groups -OCH3 is 2. The summed E-state index contributed by atoms with van der Waals surface area (Å²) in [5.74, 6) is 1.57. The number of benzene rings is 3. The number of carbonyl (C=O) groups is 1. The van der Waals surface area contributed by atoms with Gasteiger partial charge >= 0.3 is 0 Å². The molecule has 1 heterocycles. The monoisotopic (exact) mass is 548 g/mol. The van der Waals surface area contributed by atoms with Crippen molar-refractivity contribution < 1.29 is 23.0 Å². The van der Waals surface area contributed by atoms with Crippen LogP contribution in [0.3, 0.4) is 0 Å². The summed E-state index contributed by atoms with van der Waals surface area (Å²) in [4.78, 5) is 21.7. The standard InChI is InChI=1S/C28H31N5O5S/c1-18(2)12-13-26(34)29-19-8-7-9-21(14-19)33(39(35)36)28-27(31-24-10-5-6-11-25(24)32-28)30-20-15-22(37-3)17-23(16-20)38-4/h5-11,14-18H,12-13H2,1-4H3,(H,29,34)(H,30,31)(H,35,36)/p-1. The molecular weight excluding hydrogens is 518 g/mol. The van der Waals surface area contributed by atoms with Gasteiger partial charge in [0.05, 0.1) is 42.2 Å². The van der Waals surface area contributed by atoms with Crippen molar-refractivity contribution in [1.82, 2.24) is 9.97 Å². The maximum absolute atomic E-state index is 12.7. The van der Waals surface area contributed by atoms with Crippen molar-refractivity contribution in [2.75, 3.05) is 29.2 Å². The molecule has 1 atom stereocenters. The second-order valence-corrected chi connectivity index (χ2v) is 9.95. The average molecular weight is 549 g/mol. The van der Waals surface area contributed by atoms with E-state index in [1.807, 2.05) is 19.9 Å². The van der Waals surface area contributed by atoms with Crippen LogP contribution in [-0.4, -0.2) is 38.9 Å². The maximum atomic E-state index is 12.7. The van der Waals surface area contributed by atoms with E-state index in [-0.39, 0.29) is 23.2 Å². The first kappa shape index (κ1) is 27.8. The van der Waals surface area contributed by atoms with Gasteiger partial charge in [0.2, 0.25) is 5.91 Å². The summed E-state index contributed by atoms with van der Waals surface area (Å²) in [6, 6.07) is 18.9. The van der Waals surface area contributed by atoms with Crippen molar-refractivity contribution >= 4 is 56.9 Å². The number of nitrogens with zero attached hydrogens (tertiary/aromatic N) is 3. The van der Waals surface area contributed by atoms with Crippen molar-refractivity contribution in [1.29, 1.82) is 0 Å². The highest BCUT2D eigenvalue weighted by Gasteiger charge is 2.20. The van der Waals surface area contributed by atoms with E-state index >= 15 is 0 Å². The second kappa shape index (κ2) is 12.5. The molecule has 0 saturated carbocycles. The molecule has 4 rings (SSSR count). The van der Waals surface area contributed by atoms with E-state index in [0.717, 1.165) is 10.7 Å². The molecule has 39 heavy (non-hydrogen) atoms. The Labute approximate surface area is 229 Å². The third kappa shape index (κ3) is 7.01. The van der Waals surface area contributed by atoms with E-state index in [0.29, 0.717) is 46.2 Å². The molecule has 10 nitrogen and oxygen atoms in total. The SMILES string of the molecule is COc1cc(Nc2nc3ccccc3nc2N(c2cccc(NC(=O)CCC(C)C)c2)S(=O)[O-])cc(OC)c1. The van der Waals surface area contributed by atoms with Crippen LogP contribution in [0.2, 0.25) is 0 Å². The molecule has 1 amide bonds. The Morgan fingerprint density at radius 3 is 2.23 bits per heavy atom. The highest BCUT2D eigenvalue weighted by atomic mass is 32.2. The normalized spacial score (nSPS) is 11.7. The van der Waals surface area contributed by atoms with Gasteiger partial charge in [0.15, 0.2) is 11.6 Å². The van der Waals surface area contributed by atoms with Crippen molar-refractivity contribution in [3.05, 3.63) is 66.7 Å². The van der Waals surface area contributed by atoms with Gasteiger partial charge in [-0.2, -0.15) is 0 Å². The van der Waals surface area contributed by atoms with Crippen molar-refractivity contribution in [3.63, 3.8) is 0 Å². The third-order valence-corrected chi connectivity index (χ3v) is 6.50. The first-order valence-electron chi connectivity index (χ1n) is 12.3. The van der Waals surface area contributed by atoms with Gasteiger partial charge in [0.25, 0.3) is 0 Å². The number of amides is 1. The first-order valence-corrected chi connectivity index (χ1v) is 13.4. The van der Waals surface area contributed by atoms with Crippen molar-refractivity contribution in [2.24, 2.45) is 5.92 Å². The predicted octanol–water partition coefficient (Wildman–Crippen LogP) is 5.70. The maximum Gasteiger partial charge on any atom is 0.224 e. The second-order valence-electron chi connectivity index (χ2n) is 9.15. The molecule has 0 radical (unpaired) electrons. The summed E-state index contributed by atoms with van der Waals surface area (Å²) in [7, 11) is 3.08. The van der Waals surface area contributed by atoms with Crippen LogP contribution < -0.4 is 24.4 Å². The number of rotatable bonds is 11. The summed E-state index contributed by atoms with van der Waals surface area (Å²) in [6.07, 6.45) is 1.12. The number of anilines is 5. The van der Waals surface area contributed by atoms with Crippen LogP contribution in [0.15, 0.2) is 66.7 Å². The van der Waals surface area contributed by atoms with Crippen LogP contribution in [0.1, 0.15) is 26.7 Å². The molecule has 0 bridgehead atoms. The molecule has 0 saturated heterocycles. The van der Waals surface area contributed by atoms with E-state index in [4.69, 9.17) is 9.47 Å². The minimum atomic E-state index is -2.78. The number of fused-ring (bicyclic) bond motifs is 1. The number of nitrogens with one attached hydrogen (secondary N) is 2. The lowest BCUT2D eigenvalue weighted by Crippen LogP contribution is -2.22. The number of aromatic nitrogens is 2. The fourth-order valence-electron chi connectivity index (χ4n) is 3.86. The highest BCUT2D eigenvalue weighted by Crippen LogP contribution is 2.36. The Balaban J connectivity index is 1.77. The lowest BCUT2D eigenvalue weighted by atomic mass is 10.1. The largest absolute Gasteiger partial charge is 0.755 e. The van der Waals surface area contributed by atoms with E-state index in [1.54, 1.807) is 60.7 Å². The fourth-order valence-corrected chi connectivity index (χ4v) is 4.42. The van der Waals surface area contributed by atoms with Crippen molar-refractivity contribution in [3.8, 4) is 11.5 Å². The molecule has 1 unspecified atom stereocenters. The highest BCUT2D eigenvalue weighted by molar-refractivity contribution is 7.81. The molecule has 0 fully saturated rings. The summed E-state index contributed by atoms with van der Waals surface area (Å²) in [6.45, 7) is 4.10. The van der Waals surface area contributed by atoms with Crippen LogP contribution in [0.4, 0.5) is 28.7 Å². The smallest absolute Gasteiger partial charge is 0.224 e. The molecular formula is C28H30N5O5S-. The number of hydrogen-bond acceptors (Lipinski definition) is 8. The van der Waals surface area contributed by atoms with Gasteiger partial charge in [-0.25, -0.2) is 9.97 Å². The fraction of sp³-hybridized carbons (Fsp3) is 0.250. The van der Waals surface area contributed by atoms with Gasteiger partial charge in [0, 0.05) is 36.0 Å². The summed E-state index contributed by atoms with van der Waals surface area (Å²) in [5.41, 5.74) is 2.38. The zero-order chi connectivity index (χ0) is 27.9. The first-order chi connectivity index (χ1) is 18.8. The molecule has 204 valence electrons. The Hall–Kier alpha value is -4.22. The van der Waals surface area contributed by atoms with Crippen LogP contribution in [0, 0.1) is 5.92 Å². The Morgan fingerprint density at radius 2 is 1.62 bits per heavy atom. The Morgan fingerprint density at radius 1 is 0.949 bits per heavy atom. The van der Waals surface area contributed by atoms with Gasteiger partial charge in [-0.1, -0.05) is 32.0 Å². The van der Waals surface area contributed by atoms with Crippen molar-refractivity contribution in [2.45, 2.75) is 26.7 Å². The molecule has 11 heteroatoms. The Kier molecular flexibility index (Phi) is 8.95. The summed E-state index contributed by atoms with van der Waals surface area (Å²) < 4.78 is 37.1. The van der Waals surface area contributed by atoms with Gasteiger partial charge < -0.3 is 24.7 Å². The molecule has 4 aromatic rings. The zero-order valence-corrected chi connectivity index (χ0v) is 23.0.